The van der Waals surface area contributed by atoms with Gasteiger partial charge in [-0.3, -0.25) is 9.36 Å². The van der Waals surface area contributed by atoms with E-state index in [9.17, 15) is 25.2 Å². The van der Waals surface area contributed by atoms with Gasteiger partial charge in [0.2, 0.25) is 11.1 Å². The number of halogens is 2. The maximum Gasteiger partial charge on any atom is 0.213 e. The first-order valence-corrected chi connectivity index (χ1v) is 9.82. The Morgan fingerprint density at radius 2 is 1.93 bits per heavy atom. The van der Waals surface area contributed by atoms with Gasteiger partial charge in [0.1, 0.15) is 40.2 Å². The average Bonchev–Trinajstić information content (AvgIpc) is 3.04. The fourth-order valence-corrected chi connectivity index (χ4v) is 4.57. The molecule has 8 nitrogen and oxygen atoms in total. The maximum atomic E-state index is 13.1. The van der Waals surface area contributed by atoms with Gasteiger partial charge in [0, 0.05) is 7.11 Å². The number of fused-ring (bicyclic) bond motifs is 2. The van der Waals surface area contributed by atoms with E-state index < -0.39 is 42.1 Å². The summed E-state index contributed by atoms with van der Waals surface area (Å²) < 4.78 is 12.5. The minimum absolute atomic E-state index is 0.0177. The lowest BCUT2D eigenvalue weighted by Gasteiger charge is -2.36. The molecule has 3 aromatic rings. The second-order valence-electron chi connectivity index (χ2n) is 7.24. The zero-order valence-electron chi connectivity index (χ0n) is 16.0. The quantitative estimate of drug-likeness (QED) is 0.347. The monoisotopic (exact) mass is 462 g/mol. The van der Waals surface area contributed by atoms with Gasteiger partial charge in [0.05, 0.1) is 23.1 Å². The number of aromatic hydroxyl groups is 1. The van der Waals surface area contributed by atoms with E-state index in [1.165, 1.54) is 29.9 Å². The molecule has 2 aromatic heterocycles. The number of aliphatic hydroxyl groups is 3. The van der Waals surface area contributed by atoms with Gasteiger partial charge in [-0.25, -0.2) is 0 Å². The summed E-state index contributed by atoms with van der Waals surface area (Å²) in [6.07, 6.45) is -2.08. The van der Waals surface area contributed by atoms with E-state index in [0.29, 0.717) is 11.1 Å². The molecule has 0 radical (unpaired) electrons. The van der Waals surface area contributed by atoms with Crippen molar-refractivity contribution in [3.63, 3.8) is 0 Å². The van der Waals surface area contributed by atoms with Crippen LogP contribution < -0.4 is 5.43 Å². The van der Waals surface area contributed by atoms with Gasteiger partial charge in [-0.15, -0.1) is 0 Å². The second kappa shape index (κ2) is 7.56. The van der Waals surface area contributed by atoms with Crippen LogP contribution in [0.3, 0.4) is 0 Å². The van der Waals surface area contributed by atoms with Gasteiger partial charge < -0.3 is 29.6 Å². The van der Waals surface area contributed by atoms with Gasteiger partial charge >= 0.3 is 0 Å². The van der Waals surface area contributed by atoms with E-state index in [2.05, 4.69) is 0 Å². The molecule has 30 heavy (non-hydrogen) atoms. The van der Waals surface area contributed by atoms with Crippen molar-refractivity contribution in [3.8, 4) is 5.75 Å². The highest BCUT2D eigenvalue weighted by molar-refractivity contribution is 6.33. The van der Waals surface area contributed by atoms with Crippen molar-refractivity contribution >= 4 is 45.3 Å². The highest BCUT2D eigenvalue weighted by atomic mass is 35.5. The number of aryl methyl sites for hydroxylation is 1. The van der Waals surface area contributed by atoms with Crippen molar-refractivity contribution in [2.75, 3.05) is 13.7 Å². The predicted octanol–water partition coefficient (Wildman–Crippen LogP) is 2.28. The molecule has 0 spiro atoms. The average molecular weight is 463 g/mol. The van der Waals surface area contributed by atoms with E-state index in [1.54, 1.807) is 6.92 Å². The zero-order chi connectivity index (χ0) is 21.9. The van der Waals surface area contributed by atoms with Crippen LogP contribution in [0.4, 0.5) is 0 Å². The third kappa shape index (κ3) is 2.95. The molecule has 4 atom stereocenters. The summed E-state index contributed by atoms with van der Waals surface area (Å²) in [4.78, 5) is 13.1. The molecule has 0 amide bonds. The maximum absolute atomic E-state index is 13.1. The molecule has 0 saturated carbocycles. The number of aromatic nitrogens is 1. The van der Waals surface area contributed by atoms with Crippen LogP contribution >= 0.6 is 23.2 Å². The number of rotatable bonds is 3. The summed E-state index contributed by atoms with van der Waals surface area (Å²) in [5.41, 5.74) is 0.496. The van der Waals surface area contributed by atoms with E-state index in [-0.39, 0.29) is 32.2 Å². The van der Waals surface area contributed by atoms with Crippen LogP contribution in [-0.4, -0.2) is 57.0 Å². The number of methoxy groups -OCH3 is 1. The summed E-state index contributed by atoms with van der Waals surface area (Å²) >= 11 is 12.4. The number of ether oxygens (including phenoxy) is 1. The summed E-state index contributed by atoms with van der Waals surface area (Å²) in [5, 5.41) is 41.2. The first kappa shape index (κ1) is 21.2. The Hall–Kier alpha value is -2.07. The molecule has 4 rings (SSSR count). The number of benzene rings is 1. The van der Waals surface area contributed by atoms with Crippen LogP contribution in [0.5, 0.6) is 5.75 Å². The van der Waals surface area contributed by atoms with Gasteiger partial charge in [0.15, 0.2) is 0 Å². The standard InChI is InChI=1S/C20H19Cl2NO7/c1-7-3-10(21)15(26)13-14(25)9-5-12(22)23(20(9)30-18(7)13)11-4-8(6-24)19(29-2)17(28)16(11)27/h3-5,11,16-17,19,24,26-28H,6H2,1-2H3/i4+1,6+1,8+1,11+1,16+1,17+1,19+1. The zero-order valence-corrected chi connectivity index (χ0v) is 17.5. The summed E-state index contributed by atoms with van der Waals surface area (Å²) in [6.45, 7) is 1.26. The molecular weight excluding hydrogens is 444 g/mol. The third-order valence-electron chi connectivity index (χ3n) is 5.50. The smallest absolute Gasteiger partial charge is 0.213 e. The lowest BCUT2D eigenvalue weighted by molar-refractivity contribution is -0.0827. The van der Waals surface area contributed by atoms with E-state index >= 15 is 0 Å². The van der Waals surface area contributed by atoms with Crippen LogP contribution in [0.2, 0.25) is 10.2 Å². The Morgan fingerprint density at radius 3 is 2.57 bits per heavy atom. The predicted molar refractivity (Wildman–Crippen MR) is 111 cm³/mol. The fraction of sp³-hybridized carbons (Fsp3) is 0.350. The highest BCUT2D eigenvalue weighted by Gasteiger charge is 2.40. The second-order valence-corrected chi connectivity index (χ2v) is 8.04. The van der Waals surface area contributed by atoms with Crippen LogP contribution in [0.1, 0.15) is 11.6 Å². The minimum Gasteiger partial charge on any atom is -0.505 e. The number of phenols is 1. The van der Waals surface area contributed by atoms with Crippen LogP contribution in [0, 0.1) is 6.92 Å². The molecule has 0 aliphatic heterocycles. The van der Waals surface area contributed by atoms with E-state index in [1.807, 2.05) is 0 Å². The first-order valence-electron chi connectivity index (χ1n) is 9.06. The van der Waals surface area contributed by atoms with Crippen molar-refractivity contribution in [1.29, 1.82) is 0 Å². The minimum atomic E-state index is -1.36. The van der Waals surface area contributed by atoms with Gasteiger partial charge in [-0.1, -0.05) is 29.3 Å². The highest BCUT2D eigenvalue weighted by Crippen LogP contribution is 2.39. The number of hydrogen-bond donors (Lipinski definition) is 4. The van der Waals surface area contributed by atoms with Crippen molar-refractivity contribution in [1.82, 2.24) is 4.57 Å². The molecule has 1 aromatic carbocycles. The molecule has 2 heterocycles. The summed E-state index contributed by atoms with van der Waals surface area (Å²) in [7, 11) is 1.36. The van der Waals surface area contributed by atoms with Crippen LogP contribution in [0.25, 0.3) is 22.1 Å². The third-order valence-corrected chi connectivity index (χ3v) is 6.08. The Bertz CT molecular complexity index is 1250. The molecule has 0 bridgehead atoms. The van der Waals surface area contributed by atoms with Crippen LogP contribution in [-0.2, 0) is 4.74 Å². The van der Waals surface area contributed by atoms with Gasteiger partial charge in [0.25, 0.3) is 0 Å². The number of hydrogen-bond acceptors (Lipinski definition) is 7. The first-order chi connectivity index (χ1) is 14.2. The van der Waals surface area contributed by atoms with Crippen LogP contribution in [0.15, 0.2) is 33.0 Å². The molecule has 0 fully saturated rings. The summed E-state index contributed by atoms with van der Waals surface area (Å²) in [6, 6.07) is 1.88. The molecule has 1 aliphatic rings. The number of phenolic OH excluding ortho intramolecular Hbond substituents is 1. The molecule has 4 N–H and O–H groups in total. The largest absolute Gasteiger partial charge is 0.505 e. The SMILES string of the molecule is CO[13CH]1[13C]([13CH2]O)=[13CH][13CH](n2c(Cl)cc3c(=O)c4c(O)c(Cl)cc(C)c4oc32)[13CH](O)[13CH]1O. The Labute approximate surface area is 180 Å². The molecular formula is C20H19Cl2NO7. The molecule has 160 valence electrons. The Balaban J connectivity index is 2.05. The molecule has 0 saturated heterocycles. The lowest BCUT2D eigenvalue weighted by atomic mass is 10.1. The molecule has 1 aliphatic carbocycles. The van der Waals surface area contributed by atoms with Gasteiger partial charge in [-0.05, 0) is 30.2 Å². The summed E-state index contributed by atoms with van der Waals surface area (Å²) in [5.74, 6) is -0.393. The van der Waals surface area contributed by atoms with Crippen molar-refractivity contribution in [2.24, 2.45) is 0 Å². The molecule has 4 unspecified atom stereocenters. The van der Waals surface area contributed by atoms with Crippen molar-refractivity contribution in [3.05, 3.63) is 49.7 Å². The van der Waals surface area contributed by atoms with E-state index in [4.69, 9.17) is 32.4 Å². The Kier molecular flexibility index (Phi) is 5.34. The van der Waals surface area contributed by atoms with Gasteiger partial charge in [-0.2, -0.15) is 0 Å². The number of aliphatic hydroxyl groups excluding tert-OH is 3. The van der Waals surface area contributed by atoms with Crippen molar-refractivity contribution < 1.29 is 29.6 Å². The molecule has 10 heteroatoms. The fourth-order valence-electron chi connectivity index (χ4n) is 4.02. The lowest BCUT2D eigenvalue weighted by Crippen LogP contribution is -2.48. The number of nitrogens with zero attached hydrogens (tertiary/aromatic N) is 1. The Morgan fingerprint density at radius 1 is 1.23 bits per heavy atom. The van der Waals surface area contributed by atoms with E-state index in [0.717, 1.165) is 0 Å². The van der Waals surface area contributed by atoms with Crippen molar-refractivity contribution in [2.45, 2.75) is 31.3 Å². The topological polar surface area (TPSA) is 125 Å². The normalized spacial score (nSPS) is 24.6.